The van der Waals surface area contributed by atoms with Crippen LogP contribution in [0.25, 0.3) is 11.1 Å². The number of carboxylic acids is 1. The van der Waals surface area contributed by atoms with E-state index in [4.69, 9.17) is 10.4 Å². The molecular formula is C15H11NO2. The first-order chi connectivity index (χ1) is 8.63. The molecule has 0 saturated carbocycles. The lowest BCUT2D eigenvalue weighted by Crippen LogP contribution is -1.95. The van der Waals surface area contributed by atoms with Gasteiger partial charge in [-0.25, -0.2) is 4.79 Å². The first kappa shape index (κ1) is 11.9. The summed E-state index contributed by atoms with van der Waals surface area (Å²) in [5.74, 6) is -0.941. The smallest absolute Gasteiger partial charge is 0.335 e. The second-order valence-electron chi connectivity index (χ2n) is 3.97. The average Bonchev–Trinajstić information content (AvgIpc) is 2.39. The highest BCUT2D eigenvalue weighted by atomic mass is 16.4. The molecule has 0 atom stereocenters. The molecule has 0 bridgehead atoms. The van der Waals surface area contributed by atoms with Crippen molar-refractivity contribution in [1.29, 1.82) is 5.26 Å². The van der Waals surface area contributed by atoms with E-state index in [-0.39, 0.29) is 5.56 Å². The summed E-state index contributed by atoms with van der Waals surface area (Å²) in [5.41, 5.74) is 3.66. The van der Waals surface area contributed by atoms with E-state index in [1.807, 2.05) is 19.1 Å². The molecule has 2 rings (SSSR count). The van der Waals surface area contributed by atoms with Crippen molar-refractivity contribution in [2.24, 2.45) is 0 Å². The van der Waals surface area contributed by atoms with Gasteiger partial charge in [-0.2, -0.15) is 5.26 Å². The van der Waals surface area contributed by atoms with Crippen LogP contribution in [-0.4, -0.2) is 11.1 Å². The number of rotatable bonds is 2. The summed E-state index contributed by atoms with van der Waals surface area (Å²) < 4.78 is 0. The van der Waals surface area contributed by atoms with Crippen LogP contribution in [-0.2, 0) is 0 Å². The van der Waals surface area contributed by atoms with Gasteiger partial charge in [0, 0.05) is 0 Å². The van der Waals surface area contributed by atoms with Crippen LogP contribution >= 0.6 is 0 Å². The summed E-state index contributed by atoms with van der Waals surface area (Å²) in [5, 5.41) is 17.8. The molecule has 88 valence electrons. The van der Waals surface area contributed by atoms with Crippen LogP contribution in [0, 0.1) is 18.3 Å². The van der Waals surface area contributed by atoms with Crippen LogP contribution in [0.1, 0.15) is 21.5 Å². The maximum atomic E-state index is 10.8. The van der Waals surface area contributed by atoms with E-state index in [0.29, 0.717) is 5.56 Å². The normalized spacial score (nSPS) is 9.78. The minimum absolute atomic E-state index is 0.257. The van der Waals surface area contributed by atoms with E-state index in [9.17, 15) is 4.79 Å². The molecule has 3 nitrogen and oxygen atoms in total. The lowest BCUT2D eigenvalue weighted by molar-refractivity contribution is 0.0697. The molecular weight excluding hydrogens is 226 g/mol. The van der Waals surface area contributed by atoms with Crippen LogP contribution in [0.4, 0.5) is 0 Å². The van der Waals surface area contributed by atoms with Crippen LogP contribution in [0.5, 0.6) is 0 Å². The zero-order chi connectivity index (χ0) is 13.1. The van der Waals surface area contributed by atoms with Crippen molar-refractivity contribution in [2.75, 3.05) is 0 Å². The molecule has 0 radical (unpaired) electrons. The minimum atomic E-state index is -0.941. The largest absolute Gasteiger partial charge is 0.478 e. The van der Waals surface area contributed by atoms with Gasteiger partial charge in [-0.05, 0) is 41.8 Å². The van der Waals surface area contributed by atoms with E-state index in [1.54, 1.807) is 30.3 Å². The van der Waals surface area contributed by atoms with Gasteiger partial charge in [0.2, 0.25) is 0 Å². The molecule has 0 saturated heterocycles. The first-order valence-corrected chi connectivity index (χ1v) is 5.47. The Kier molecular flexibility index (Phi) is 3.11. The predicted molar refractivity (Wildman–Crippen MR) is 68.3 cm³/mol. The van der Waals surface area contributed by atoms with Crippen molar-refractivity contribution >= 4 is 5.97 Å². The Morgan fingerprint density at radius 2 is 1.83 bits per heavy atom. The quantitative estimate of drug-likeness (QED) is 0.872. The van der Waals surface area contributed by atoms with Crippen molar-refractivity contribution in [1.82, 2.24) is 0 Å². The molecule has 0 aliphatic carbocycles. The number of carboxylic acid groups (broad SMARTS) is 1. The van der Waals surface area contributed by atoms with Gasteiger partial charge in [0.05, 0.1) is 17.2 Å². The number of hydrogen-bond donors (Lipinski definition) is 1. The number of hydrogen-bond acceptors (Lipinski definition) is 2. The third kappa shape index (κ3) is 2.09. The van der Waals surface area contributed by atoms with Crippen molar-refractivity contribution in [3.05, 3.63) is 59.2 Å². The molecule has 0 aliphatic heterocycles. The predicted octanol–water partition coefficient (Wildman–Crippen LogP) is 3.23. The molecule has 0 heterocycles. The molecule has 0 amide bonds. The second-order valence-corrected chi connectivity index (χ2v) is 3.97. The molecule has 0 spiro atoms. The summed E-state index contributed by atoms with van der Waals surface area (Å²) >= 11 is 0. The van der Waals surface area contributed by atoms with E-state index < -0.39 is 5.97 Å². The summed E-state index contributed by atoms with van der Waals surface area (Å²) in [7, 11) is 0. The average molecular weight is 237 g/mol. The number of benzene rings is 2. The molecule has 0 fully saturated rings. The lowest BCUT2D eigenvalue weighted by atomic mass is 9.96. The molecule has 0 aliphatic rings. The van der Waals surface area contributed by atoms with Gasteiger partial charge in [-0.1, -0.05) is 24.3 Å². The third-order valence-corrected chi connectivity index (χ3v) is 2.90. The molecule has 2 aromatic carbocycles. The maximum absolute atomic E-state index is 10.8. The minimum Gasteiger partial charge on any atom is -0.478 e. The van der Waals surface area contributed by atoms with Crippen molar-refractivity contribution in [3.8, 4) is 17.2 Å². The number of carbonyl (C=O) groups is 1. The zero-order valence-electron chi connectivity index (χ0n) is 9.84. The van der Waals surface area contributed by atoms with Crippen LogP contribution in [0.15, 0.2) is 42.5 Å². The maximum Gasteiger partial charge on any atom is 0.335 e. The highest BCUT2D eigenvalue weighted by Gasteiger charge is 2.07. The number of nitriles is 1. The fraction of sp³-hybridized carbons (Fsp3) is 0.0667. The van der Waals surface area contributed by atoms with Gasteiger partial charge in [-0.3, -0.25) is 0 Å². The Hall–Kier alpha value is -2.60. The standard InChI is InChI=1S/C15H11NO2/c1-10-13(9-16)3-2-4-14(10)11-5-7-12(8-6-11)15(17)18/h2-8H,1H3,(H,17,18). The van der Waals surface area contributed by atoms with E-state index in [2.05, 4.69) is 6.07 Å². The fourth-order valence-corrected chi connectivity index (χ4v) is 1.86. The Bertz CT molecular complexity index is 637. The Balaban J connectivity index is 2.50. The van der Waals surface area contributed by atoms with Gasteiger partial charge in [0.25, 0.3) is 0 Å². The highest BCUT2D eigenvalue weighted by molar-refractivity contribution is 5.88. The lowest BCUT2D eigenvalue weighted by Gasteiger charge is -2.07. The zero-order valence-corrected chi connectivity index (χ0v) is 9.84. The summed E-state index contributed by atoms with van der Waals surface area (Å²) in [6.45, 7) is 1.89. The van der Waals surface area contributed by atoms with Crippen LogP contribution < -0.4 is 0 Å². The Labute approximate surface area is 105 Å². The van der Waals surface area contributed by atoms with Gasteiger partial charge in [-0.15, -0.1) is 0 Å². The van der Waals surface area contributed by atoms with Gasteiger partial charge in [0.15, 0.2) is 0 Å². The van der Waals surface area contributed by atoms with Gasteiger partial charge in [0.1, 0.15) is 0 Å². The van der Waals surface area contributed by atoms with E-state index in [0.717, 1.165) is 16.7 Å². The topological polar surface area (TPSA) is 61.1 Å². The third-order valence-electron chi connectivity index (χ3n) is 2.90. The summed E-state index contributed by atoms with van der Waals surface area (Å²) in [6.07, 6.45) is 0. The molecule has 18 heavy (non-hydrogen) atoms. The molecule has 0 aromatic heterocycles. The number of aromatic carboxylic acids is 1. The van der Waals surface area contributed by atoms with Gasteiger partial charge < -0.3 is 5.11 Å². The Morgan fingerprint density at radius 1 is 1.17 bits per heavy atom. The Morgan fingerprint density at radius 3 is 2.39 bits per heavy atom. The molecule has 2 aromatic rings. The molecule has 0 unspecified atom stereocenters. The molecule has 1 N–H and O–H groups in total. The van der Waals surface area contributed by atoms with Crippen LogP contribution in [0.3, 0.4) is 0 Å². The summed E-state index contributed by atoms with van der Waals surface area (Å²) in [4.78, 5) is 10.8. The first-order valence-electron chi connectivity index (χ1n) is 5.47. The SMILES string of the molecule is Cc1c(C#N)cccc1-c1ccc(C(=O)O)cc1. The summed E-state index contributed by atoms with van der Waals surface area (Å²) in [6, 6.07) is 14.3. The monoisotopic (exact) mass is 237 g/mol. The van der Waals surface area contributed by atoms with Crippen molar-refractivity contribution in [2.45, 2.75) is 6.92 Å². The highest BCUT2D eigenvalue weighted by Crippen LogP contribution is 2.25. The second kappa shape index (κ2) is 4.72. The number of nitrogens with zero attached hydrogens (tertiary/aromatic N) is 1. The van der Waals surface area contributed by atoms with Crippen LogP contribution in [0.2, 0.25) is 0 Å². The van der Waals surface area contributed by atoms with E-state index >= 15 is 0 Å². The molecule has 3 heteroatoms. The van der Waals surface area contributed by atoms with Crippen molar-refractivity contribution in [3.63, 3.8) is 0 Å². The van der Waals surface area contributed by atoms with Gasteiger partial charge >= 0.3 is 5.97 Å². The van der Waals surface area contributed by atoms with Crippen molar-refractivity contribution < 1.29 is 9.90 Å². The fourth-order valence-electron chi connectivity index (χ4n) is 1.86. The van der Waals surface area contributed by atoms with E-state index in [1.165, 1.54) is 0 Å².